The molecular formula is C17H29N3O. The van der Waals surface area contributed by atoms with Gasteiger partial charge in [0, 0.05) is 52.0 Å². The average molecular weight is 291 g/mol. The van der Waals surface area contributed by atoms with Gasteiger partial charge in [-0.25, -0.2) is 0 Å². The van der Waals surface area contributed by atoms with Gasteiger partial charge in [0.25, 0.3) is 0 Å². The fourth-order valence-corrected chi connectivity index (χ4v) is 3.23. The van der Waals surface area contributed by atoms with Crippen LogP contribution in [0.2, 0.25) is 0 Å². The molecule has 0 saturated carbocycles. The number of methoxy groups -OCH3 is 1. The molecule has 0 amide bonds. The van der Waals surface area contributed by atoms with E-state index in [0.717, 1.165) is 52.2 Å². The van der Waals surface area contributed by atoms with Crippen molar-refractivity contribution < 1.29 is 4.74 Å². The van der Waals surface area contributed by atoms with Crippen molar-refractivity contribution in [3.05, 3.63) is 35.9 Å². The Hall–Kier alpha value is -0.940. The zero-order valence-electron chi connectivity index (χ0n) is 13.4. The molecule has 0 aliphatic carbocycles. The van der Waals surface area contributed by atoms with Gasteiger partial charge in [-0.3, -0.25) is 9.80 Å². The van der Waals surface area contributed by atoms with E-state index in [1.165, 1.54) is 5.56 Å². The summed E-state index contributed by atoms with van der Waals surface area (Å²) in [5.74, 6) is 0. The van der Waals surface area contributed by atoms with Crippen molar-refractivity contribution in [1.82, 2.24) is 9.80 Å². The van der Waals surface area contributed by atoms with Crippen molar-refractivity contribution in [3.63, 3.8) is 0 Å². The molecule has 0 aromatic heterocycles. The Morgan fingerprint density at radius 1 is 1.33 bits per heavy atom. The van der Waals surface area contributed by atoms with Crippen molar-refractivity contribution in [2.45, 2.75) is 24.9 Å². The van der Waals surface area contributed by atoms with E-state index < -0.39 is 0 Å². The largest absolute Gasteiger partial charge is 0.385 e. The third kappa shape index (κ3) is 4.27. The van der Waals surface area contributed by atoms with E-state index in [1.807, 2.05) is 0 Å². The van der Waals surface area contributed by atoms with E-state index in [4.69, 9.17) is 10.5 Å². The van der Waals surface area contributed by atoms with E-state index in [1.54, 1.807) is 7.11 Å². The van der Waals surface area contributed by atoms with Crippen LogP contribution in [-0.4, -0.2) is 62.3 Å². The predicted molar refractivity (Wildman–Crippen MR) is 87.2 cm³/mol. The predicted octanol–water partition coefficient (Wildman–Crippen LogP) is 1.56. The molecule has 1 saturated heterocycles. The maximum Gasteiger partial charge on any atom is 0.0474 e. The fourth-order valence-electron chi connectivity index (χ4n) is 3.23. The van der Waals surface area contributed by atoms with Gasteiger partial charge in [0.05, 0.1) is 0 Å². The molecular weight excluding hydrogens is 262 g/mol. The number of rotatable bonds is 8. The zero-order valence-corrected chi connectivity index (χ0v) is 13.4. The van der Waals surface area contributed by atoms with Gasteiger partial charge in [0.1, 0.15) is 0 Å². The molecule has 1 atom stereocenters. The van der Waals surface area contributed by atoms with Gasteiger partial charge >= 0.3 is 0 Å². The van der Waals surface area contributed by atoms with Crippen LogP contribution in [0, 0.1) is 0 Å². The summed E-state index contributed by atoms with van der Waals surface area (Å²) in [6, 6.07) is 10.7. The quantitative estimate of drug-likeness (QED) is 0.738. The Bertz CT molecular complexity index is 412. The second-order valence-electron chi connectivity index (χ2n) is 6.14. The van der Waals surface area contributed by atoms with E-state index in [0.29, 0.717) is 0 Å². The smallest absolute Gasteiger partial charge is 0.0474 e. The third-order valence-corrected chi connectivity index (χ3v) is 4.69. The van der Waals surface area contributed by atoms with Gasteiger partial charge < -0.3 is 10.5 Å². The van der Waals surface area contributed by atoms with E-state index in [2.05, 4.69) is 47.2 Å². The highest BCUT2D eigenvalue weighted by Crippen LogP contribution is 2.27. The van der Waals surface area contributed by atoms with Crippen LogP contribution < -0.4 is 5.73 Å². The van der Waals surface area contributed by atoms with Gasteiger partial charge in [0.2, 0.25) is 0 Å². The summed E-state index contributed by atoms with van der Waals surface area (Å²) >= 11 is 0. The lowest BCUT2D eigenvalue weighted by Gasteiger charge is -2.38. The van der Waals surface area contributed by atoms with Crippen LogP contribution in [0.3, 0.4) is 0 Å². The highest BCUT2D eigenvalue weighted by atomic mass is 16.5. The van der Waals surface area contributed by atoms with Crippen molar-refractivity contribution in [1.29, 1.82) is 0 Å². The maximum atomic E-state index is 6.13. The Labute approximate surface area is 128 Å². The van der Waals surface area contributed by atoms with Crippen molar-refractivity contribution in [2.75, 3.05) is 46.9 Å². The minimum Gasteiger partial charge on any atom is -0.385 e. The molecule has 1 aliphatic rings. The number of hydrogen-bond donors (Lipinski definition) is 1. The van der Waals surface area contributed by atoms with Gasteiger partial charge in [-0.05, 0) is 25.5 Å². The monoisotopic (exact) mass is 291 g/mol. The second kappa shape index (κ2) is 7.90. The van der Waals surface area contributed by atoms with Gasteiger partial charge in [-0.1, -0.05) is 30.3 Å². The van der Waals surface area contributed by atoms with Crippen molar-refractivity contribution in [3.8, 4) is 0 Å². The standard InChI is InChI=1S/C17H29N3O/c1-19(10-6-12-21-2)17(14-18)9-11-20(15-17)13-16-7-4-3-5-8-16/h3-5,7-8H,6,9-15,18H2,1-2H3. The Balaban J connectivity index is 1.90. The number of benzene rings is 1. The van der Waals surface area contributed by atoms with Crippen LogP contribution in [0.1, 0.15) is 18.4 Å². The second-order valence-corrected chi connectivity index (χ2v) is 6.14. The summed E-state index contributed by atoms with van der Waals surface area (Å²) in [5, 5.41) is 0. The molecule has 1 aromatic rings. The molecule has 1 aliphatic heterocycles. The normalized spacial score (nSPS) is 23.0. The first-order valence-electron chi connectivity index (χ1n) is 7.87. The molecule has 0 bridgehead atoms. The molecule has 118 valence electrons. The molecule has 1 aromatic carbocycles. The van der Waals surface area contributed by atoms with E-state index in [9.17, 15) is 0 Å². The molecule has 2 N–H and O–H groups in total. The summed E-state index contributed by atoms with van der Waals surface area (Å²) in [6.07, 6.45) is 2.22. The Morgan fingerprint density at radius 2 is 2.10 bits per heavy atom. The van der Waals surface area contributed by atoms with Crippen LogP contribution >= 0.6 is 0 Å². The van der Waals surface area contributed by atoms with Gasteiger partial charge in [0.15, 0.2) is 0 Å². The molecule has 1 fully saturated rings. The number of nitrogens with zero attached hydrogens (tertiary/aromatic N) is 2. The minimum atomic E-state index is 0.128. The topological polar surface area (TPSA) is 41.7 Å². The van der Waals surface area contributed by atoms with E-state index >= 15 is 0 Å². The van der Waals surface area contributed by atoms with Crippen LogP contribution in [-0.2, 0) is 11.3 Å². The molecule has 0 radical (unpaired) electrons. The van der Waals surface area contributed by atoms with Crippen LogP contribution in [0.4, 0.5) is 0 Å². The lowest BCUT2D eigenvalue weighted by Crippen LogP contribution is -2.54. The average Bonchev–Trinajstić information content (AvgIpc) is 2.93. The Kier molecular flexibility index (Phi) is 6.18. The van der Waals surface area contributed by atoms with Crippen LogP contribution in [0.5, 0.6) is 0 Å². The molecule has 2 rings (SSSR count). The lowest BCUT2D eigenvalue weighted by atomic mass is 9.96. The SMILES string of the molecule is COCCCN(C)C1(CN)CCN(Cc2ccccc2)C1. The highest BCUT2D eigenvalue weighted by Gasteiger charge is 2.39. The first-order valence-corrected chi connectivity index (χ1v) is 7.87. The fraction of sp³-hybridized carbons (Fsp3) is 0.647. The number of likely N-dealkylation sites (N-methyl/N-ethyl adjacent to an activating group) is 1. The molecule has 4 heteroatoms. The molecule has 0 spiro atoms. The highest BCUT2D eigenvalue weighted by molar-refractivity contribution is 5.15. The summed E-state index contributed by atoms with van der Waals surface area (Å²) < 4.78 is 5.15. The summed E-state index contributed by atoms with van der Waals surface area (Å²) in [7, 11) is 3.96. The van der Waals surface area contributed by atoms with E-state index in [-0.39, 0.29) is 5.54 Å². The van der Waals surface area contributed by atoms with Crippen molar-refractivity contribution in [2.24, 2.45) is 5.73 Å². The number of likely N-dealkylation sites (tertiary alicyclic amines) is 1. The summed E-state index contributed by atoms with van der Waals surface area (Å²) in [6.45, 7) is 5.79. The van der Waals surface area contributed by atoms with Gasteiger partial charge in [-0.15, -0.1) is 0 Å². The zero-order chi connectivity index (χ0) is 15.1. The van der Waals surface area contributed by atoms with Crippen LogP contribution in [0.15, 0.2) is 30.3 Å². The Morgan fingerprint density at radius 3 is 2.76 bits per heavy atom. The first kappa shape index (κ1) is 16.4. The van der Waals surface area contributed by atoms with Crippen LogP contribution in [0.25, 0.3) is 0 Å². The van der Waals surface area contributed by atoms with Gasteiger partial charge in [-0.2, -0.15) is 0 Å². The third-order valence-electron chi connectivity index (χ3n) is 4.69. The lowest BCUT2D eigenvalue weighted by molar-refractivity contribution is 0.109. The molecule has 4 nitrogen and oxygen atoms in total. The number of hydrogen-bond acceptors (Lipinski definition) is 4. The molecule has 1 unspecified atom stereocenters. The number of nitrogens with two attached hydrogens (primary N) is 1. The maximum absolute atomic E-state index is 6.13. The molecule has 1 heterocycles. The molecule has 21 heavy (non-hydrogen) atoms. The first-order chi connectivity index (χ1) is 10.2. The van der Waals surface area contributed by atoms with Crippen molar-refractivity contribution >= 4 is 0 Å². The summed E-state index contributed by atoms with van der Waals surface area (Å²) in [4.78, 5) is 4.96. The summed E-state index contributed by atoms with van der Waals surface area (Å²) in [5.41, 5.74) is 7.64. The minimum absolute atomic E-state index is 0.128. The number of ether oxygens (including phenoxy) is 1.